The minimum absolute atomic E-state index is 0.00310. The lowest BCUT2D eigenvalue weighted by Gasteiger charge is -2.38. The second-order valence-electron chi connectivity index (χ2n) is 8.43. The minimum Gasteiger partial charge on any atom is -0.492 e. The SMILES string of the molecule is COc1c2c(cc3c1[C@H](CC(=O)[C@H]1CCOC(C)(C)C1)N(C)CC3)OCO2. The third-order valence-electron chi connectivity index (χ3n) is 6.09. The molecule has 0 unspecified atom stereocenters. The molecule has 1 aromatic rings. The van der Waals surface area contributed by atoms with Crippen molar-refractivity contribution in [3.05, 3.63) is 17.2 Å². The number of hydrogen-bond donors (Lipinski definition) is 0. The zero-order chi connectivity index (χ0) is 19.2. The number of hydrogen-bond acceptors (Lipinski definition) is 6. The fraction of sp³-hybridized carbons (Fsp3) is 0.667. The Bertz CT molecular complexity index is 745. The molecule has 0 N–H and O–H groups in total. The molecule has 1 aromatic carbocycles. The molecule has 0 spiro atoms. The first-order chi connectivity index (χ1) is 12.9. The monoisotopic (exact) mass is 375 g/mol. The van der Waals surface area contributed by atoms with Crippen molar-refractivity contribution < 1.29 is 23.7 Å². The van der Waals surface area contributed by atoms with Gasteiger partial charge in [-0.2, -0.15) is 0 Å². The summed E-state index contributed by atoms with van der Waals surface area (Å²) < 4.78 is 22.7. The third kappa shape index (κ3) is 3.41. The Morgan fingerprint density at radius 1 is 1.37 bits per heavy atom. The molecule has 0 aromatic heterocycles. The summed E-state index contributed by atoms with van der Waals surface area (Å²) >= 11 is 0. The molecule has 1 fully saturated rings. The molecule has 0 radical (unpaired) electrons. The average Bonchev–Trinajstić information content (AvgIpc) is 3.09. The van der Waals surface area contributed by atoms with Gasteiger partial charge in [-0.25, -0.2) is 0 Å². The van der Waals surface area contributed by atoms with Gasteiger partial charge in [-0.3, -0.25) is 9.69 Å². The van der Waals surface area contributed by atoms with E-state index >= 15 is 0 Å². The van der Waals surface area contributed by atoms with E-state index in [1.54, 1.807) is 7.11 Å². The lowest BCUT2D eigenvalue weighted by atomic mass is 9.81. The standard InChI is InChI=1S/C21H29NO5/c1-21(2)11-14(6-8-27-21)16(23)10-15-18-13(5-7-22(15)3)9-17-19(20(18)24-4)26-12-25-17/h9,14-15H,5-8,10-12H2,1-4H3/t14-,15-/m0/s1. The van der Waals surface area contributed by atoms with Gasteiger partial charge in [0.25, 0.3) is 0 Å². The Hall–Kier alpha value is -1.79. The number of rotatable bonds is 4. The third-order valence-corrected chi connectivity index (χ3v) is 6.09. The summed E-state index contributed by atoms with van der Waals surface area (Å²) in [5.41, 5.74) is 2.05. The van der Waals surface area contributed by atoms with Crippen molar-refractivity contribution in [1.82, 2.24) is 4.90 Å². The molecule has 3 aliphatic heterocycles. The molecule has 0 saturated carbocycles. The summed E-state index contributed by atoms with van der Waals surface area (Å²) in [6.45, 7) is 5.91. The first-order valence-corrected chi connectivity index (χ1v) is 9.76. The van der Waals surface area contributed by atoms with Crippen LogP contribution in [0.25, 0.3) is 0 Å². The number of methoxy groups -OCH3 is 1. The molecule has 0 amide bonds. The molecule has 3 heterocycles. The highest BCUT2D eigenvalue weighted by molar-refractivity contribution is 5.82. The number of carbonyl (C=O) groups is 1. The summed E-state index contributed by atoms with van der Waals surface area (Å²) in [5.74, 6) is 2.50. The van der Waals surface area contributed by atoms with Gasteiger partial charge in [-0.05, 0) is 51.8 Å². The van der Waals surface area contributed by atoms with E-state index in [-0.39, 0.29) is 24.4 Å². The maximum absolute atomic E-state index is 13.2. The zero-order valence-corrected chi connectivity index (χ0v) is 16.7. The molecule has 0 aliphatic carbocycles. The van der Waals surface area contributed by atoms with E-state index < -0.39 is 0 Å². The largest absolute Gasteiger partial charge is 0.492 e. The number of nitrogens with zero attached hydrogens (tertiary/aromatic N) is 1. The number of fused-ring (bicyclic) bond motifs is 2. The molecule has 0 bridgehead atoms. The lowest BCUT2D eigenvalue weighted by Crippen LogP contribution is -2.39. The maximum Gasteiger partial charge on any atom is 0.231 e. The van der Waals surface area contributed by atoms with Gasteiger partial charge in [0.1, 0.15) is 5.78 Å². The summed E-state index contributed by atoms with van der Waals surface area (Å²) in [4.78, 5) is 15.4. The second-order valence-corrected chi connectivity index (χ2v) is 8.43. The van der Waals surface area contributed by atoms with Crippen molar-refractivity contribution >= 4 is 5.78 Å². The summed E-state index contributed by atoms with van der Waals surface area (Å²) in [5, 5.41) is 0. The van der Waals surface area contributed by atoms with Gasteiger partial charge in [0.2, 0.25) is 12.5 Å². The Morgan fingerprint density at radius 3 is 2.93 bits per heavy atom. The first kappa shape index (κ1) is 18.6. The summed E-state index contributed by atoms with van der Waals surface area (Å²) in [7, 11) is 3.74. The molecular formula is C21H29NO5. The van der Waals surface area contributed by atoms with E-state index in [9.17, 15) is 4.79 Å². The van der Waals surface area contributed by atoms with Gasteiger partial charge in [0.15, 0.2) is 11.5 Å². The highest BCUT2D eigenvalue weighted by atomic mass is 16.7. The van der Waals surface area contributed by atoms with E-state index in [1.165, 1.54) is 5.56 Å². The number of benzene rings is 1. The van der Waals surface area contributed by atoms with E-state index in [2.05, 4.69) is 31.9 Å². The topological polar surface area (TPSA) is 57.2 Å². The van der Waals surface area contributed by atoms with Crippen LogP contribution in [0.3, 0.4) is 0 Å². The molecule has 2 atom stereocenters. The van der Waals surface area contributed by atoms with Crippen molar-refractivity contribution in [3.63, 3.8) is 0 Å². The van der Waals surface area contributed by atoms with Crippen LogP contribution in [-0.2, 0) is 16.0 Å². The van der Waals surface area contributed by atoms with Crippen LogP contribution < -0.4 is 14.2 Å². The maximum atomic E-state index is 13.2. The van der Waals surface area contributed by atoms with Crippen LogP contribution >= 0.6 is 0 Å². The van der Waals surface area contributed by atoms with Crippen LogP contribution in [0.2, 0.25) is 0 Å². The minimum atomic E-state index is -0.224. The molecule has 27 heavy (non-hydrogen) atoms. The first-order valence-electron chi connectivity index (χ1n) is 9.76. The Labute approximate surface area is 160 Å². The predicted octanol–water partition coefficient (Wildman–Crippen LogP) is 3.12. The van der Waals surface area contributed by atoms with Crippen molar-refractivity contribution in [2.24, 2.45) is 5.92 Å². The van der Waals surface area contributed by atoms with Crippen molar-refractivity contribution in [1.29, 1.82) is 0 Å². The highest BCUT2D eigenvalue weighted by Crippen LogP contribution is 2.50. The van der Waals surface area contributed by atoms with Gasteiger partial charge >= 0.3 is 0 Å². The molecule has 6 nitrogen and oxygen atoms in total. The van der Waals surface area contributed by atoms with Crippen LogP contribution in [0, 0.1) is 5.92 Å². The number of ketones is 1. The number of carbonyl (C=O) groups excluding carboxylic acids is 1. The summed E-state index contributed by atoms with van der Waals surface area (Å²) in [6, 6.07) is 2.05. The Morgan fingerprint density at radius 2 is 2.19 bits per heavy atom. The fourth-order valence-corrected chi connectivity index (χ4v) is 4.65. The van der Waals surface area contributed by atoms with Crippen molar-refractivity contribution in [2.45, 2.75) is 51.2 Å². The Kier molecular flexibility index (Phi) is 4.80. The van der Waals surface area contributed by atoms with Gasteiger partial charge in [0.05, 0.1) is 12.7 Å². The van der Waals surface area contributed by atoms with Crippen LogP contribution in [-0.4, -0.2) is 50.4 Å². The second kappa shape index (κ2) is 6.99. The fourth-order valence-electron chi connectivity index (χ4n) is 4.65. The van der Waals surface area contributed by atoms with E-state index in [0.29, 0.717) is 24.6 Å². The zero-order valence-electron chi connectivity index (χ0n) is 16.7. The lowest BCUT2D eigenvalue weighted by molar-refractivity contribution is -0.134. The van der Waals surface area contributed by atoms with Gasteiger partial charge in [-0.1, -0.05) is 0 Å². The molecule has 4 rings (SSSR count). The predicted molar refractivity (Wildman–Crippen MR) is 101 cm³/mol. The molecule has 3 aliphatic rings. The van der Waals surface area contributed by atoms with Gasteiger partial charge in [0, 0.05) is 37.1 Å². The normalized spacial score (nSPS) is 26.5. The van der Waals surface area contributed by atoms with Gasteiger partial charge in [-0.15, -0.1) is 0 Å². The number of Topliss-reactive ketones (excluding diaryl/α,β-unsaturated/α-hetero) is 1. The smallest absolute Gasteiger partial charge is 0.231 e. The number of likely N-dealkylation sites (N-methyl/N-ethyl adjacent to an activating group) is 1. The van der Waals surface area contributed by atoms with Crippen LogP contribution in [0.4, 0.5) is 0 Å². The van der Waals surface area contributed by atoms with Gasteiger partial charge < -0.3 is 18.9 Å². The molecule has 1 saturated heterocycles. The van der Waals surface area contributed by atoms with Crippen LogP contribution in [0.1, 0.15) is 50.3 Å². The highest BCUT2D eigenvalue weighted by Gasteiger charge is 2.38. The Balaban J connectivity index is 1.63. The van der Waals surface area contributed by atoms with E-state index in [1.807, 2.05) is 0 Å². The molecular weight excluding hydrogens is 346 g/mol. The van der Waals surface area contributed by atoms with Crippen molar-refractivity contribution in [3.8, 4) is 17.2 Å². The quantitative estimate of drug-likeness (QED) is 0.806. The molecule has 148 valence electrons. The van der Waals surface area contributed by atoms with Crippen LogP contribution in [0.5, 0.6) is 17.2 Å². The molecule has 6 heteroatoms. The number of ether oxygens (including phenoxy) is 4. The van der Waals surface area contributed by atoms with Crippen molar-refractivity contribution in [2.75, 3.05) is 34.1 Å². The van der Waals surface area contributed by atoms with E-state index in [0.717, 1.165) is 42.9 Å². The van der Waals surface area contributed by atoms with E-state index in [4.69, 9.17) is 18.9 Å². The average molecular weight is 375 g/mol. The summed E-state index contributed by atoms with van der Waals surface area (Å²) in [6.07, 6.45) is 2.99. The van der Waals surface area contributed by atoms with Crippen LogP contribution in [0.15, 0.2) is 6.07 Å².